The first kappa shape index (κ1) is 7.34. The monoisotopic (exact) mass is 165 g/mol. The van der Waals surface area contributed by atoms with E-state index in [1.54, 1.807) is 13.1 Å². The minimum absolute atomic E-state index is 0.389. The second-order valence-electron chi connectivity index (χ2n) is 3.20. The molecule has 2 rings (SSSR count). The molecule has 0 atom stereocenters. The molecule has 0 radical (unpaired) electrons. The number of carbonyl (C=O) groups is 1. The summed E-state index contributed by atoms with van der Waals surface area (Å²) in [6, 6.07) is 0.511. The molecule has 0 aliphatic heterocycles. The molecule has 0 spiro atoms. The second kappa shape index (κ2) is 2.33. The lowest BCUT2D eigenvalue weighted by molar-refractivity contribution is 0.0999. The maximum absolute atomic E-state index is 10.8. The van der Waals surface area contributed by atoms with Gasteiger partial charge in [-0.3, -0.25) is 9.48 Å². The van der Waals surface area contributed by atoms with Crippen molar-refractivity contribution in [2.75, 3.05) is 0 Å². The van der Waals surface area contributed by atoms with Gasteiger partial charge in [0.05, 0.1) is 17.3 Å². The van der Waals surface area contributed by atoms with Gasteiger partial charge in [0.25, 0.3) is 5.91 Å². The van der Waals surface area contributed by atoms with Gasteiger partial charge < -0.3 is 5.73 Å². The minimum Gasteiger partial charge on any atom is -0.365 e. The van der Waals surface area contributed by atoms with Crippen molar-refractivity contribution in [1.29, 1.82) is 0 Å². The smallest absolute Gasteiger partial charge is 0.252 e. The molecule has 0 unspecified atom stereocenters. The normalized spacial score (nSPS) is 16.4. The number of carbonyl (C=O) groups excluding carboxylic acids is 1. The molecule has 4 nitrogen and oxygen atoms in total. The average molecular weight is 165 g/mol. The number of rotatable bonds is 2. The predicted octanol–water partition coefficient (Wildman–Crippen LogP) is 0.625. The van der Waals surface area contributed by atoms with Crippen molar-refractivity contribution in [3.05, 3.63) is 17.5 Å². The molecule has 1 aromatic rings. The summed E-state index contributed by atoms with van der Waals surface area (Å²) in [5.41, 5.74) is 6.43. The third-order valence-corrected chi connectivity index (χ3v) is 2.10. The standard InChI is InChI=1S/C8H11N3O/c1-5-7(8(9)12)4-11(10-5)6-2-3-6/h4,6H,2-3H2,1H3,(H2,9,12). The van der Waals surface area contributed by atoms with Crippen LogP contribution in [0.5, 0.6) is 0 Å². The molecule has 0 bridgehead atoms. The number of amides is 1. The summed E-state index contributed by atoms with van der Waals surface area (Å²) in [7, 11) is 0. The molecular weight excluding hydrogens is 154 g/mol. The van der Waals surface area contributed by atoms with Crippen molar-refractivity contribution in [1.82, 2.24) is 9.78 Å². The summed E-state index contributed by atoms with van der Waals surface area (Å²) < 4.78 is 1.84. The van der Waals surface area contributed by atoms with Gasteiger partial charge in [0.1, 0.15) is 0 Å². The first-order valence-electron chi connectivity index (χ1n) is 4.04. The minimum atomic E-state index is -0.389. The zero-order valence-electron chi connectivity index (χ0n) is 6.95. The fourth-order valence-corrected chi connectivity index (χ4v) is 1.25. The van der Waals surface area contributed by atoms with Crippen LogP contribution in [0.25, 0.3) is 0 Å². The third kappa shape index (κ3) is 1.09. The second-order valence-corrected chi connectivity index (χ2v) is 3.20. The molecule has 1 saturated carbocycles. The van der Waals surface area contributed by atoms with E-state index in [2.05, 4.69) is 5.10 Å². The summed E-state index contributed by atoms with van der Waals surface area (Å²) in [6.07, 6.45) is 4.08. The number of aryl methyl sites for hydroxylation is 1. The van der Waals surface area contributed by atoms with Crippen LogP contribution in [0.3, 0.4) is 0 Å². The van der Waals surface area contributed by atoms with Gasteiger partial charge >= 0.3 is 0 Å². The Labute approximate surface area is 70.4 Å². The van der Waals surface area contributed by atoms with Crippen LogP contribution in [-0.2, 0) is 0 Å². The van der Waals surface area contributed by atoms with E-state index in [9.17, 15) is 4.79 Å². The molecule has 64 valence electrons. The van der Waals surface area contributed by atoms with Gasteiger partial charge in [0.2, 0.25) is 0 Å². The number of hydrogen-bond acceptors (Lipinski definition) is 2. The van der Waals surface area contributed by atoms with Crippen LogP contribution in [0.2, 0.25) is 0 Å². The molecule has 4 heteroatoms. The van der Waals surface area contributed by atoms with Crippen molar-refractivity contribution in [2.45, 2.75) is 25.8 Å². The Bertz CT molecular complexity index is 325. The molecule has 1 fully saturated rings. The lowest BCUT2D eigenvalue weighted by Crippen LogP contribution is -2.11. The summed E-state index contributed by atoms with van der Waals surface area (Å²) in [5.74, 6) is -0.389. The van der Waals surface area contributed by atoms with Crippen molar-refractivity contribution in [2.24, 2.45) is 5.73 Å². The van der Waals surface area contributed by atoms with E-state index in [-0.39, 0.29) is 5.91 Å². The topological polar surface area (TPSA) is 60.9 Å². The highest BCUT2D eigenvalue weighted by Crippen LogP contribution is 2.34. The van der Waals surface area contributed by atoms with E-state index in [1.165, 1.54) is 12.8 Å². The van der Waals surface area contributed by atoms with E-state index < -0.39 is 0 Å². The highest BCUT2D eigenvalue weighted by Gasteiger charge is 2.25. The van der Waals surface area contributed by atoms with E-state index in [1.807, 2.05) is 4.68 Å². The Hall–Kier alpha value is -1.32. The van der Waals surface area contributed by atoms with Crippen molar-refractivity contribution < 1.29 is 4.79 Å². The Morgan fingerprint density at radius 2 is 2.42 bits per heavy atom. The van der Waals surface area contributed by atoms with Crippen LogP contribution >= 0.6 is 0 Å². The Morgan fingerprint density at radius 3 is 2.83 bits per heavy atom. The van der Waals surface area contributed by atoms with Gasteiger partial charge in [-0.05, 0) is 19.8 Å². The van der Waals surface area contributed by atoms with Gasteiger partial charge in [-0.1, -0.05) is 0 Å². The third-order valence-electron chi connectivity index (χ3n) is 2.10. The highest BCUT2D eigenvalue weighted by atomic mass is 16.1. The molecule has 12 heavy (non-hydrogen) atoms. The van der Waals surface area contributed by atoms with Gasteiger partial charge in [0.15, 0.2) is 0 Å². The maximum atomic E-state index is 10.8. The van der Waals surface area contributed by atoms with Gasteiger partial charge in [-0.2, -0.15) is 5.10 Å². The number of nitrogens with zero attached hydrogens (tertiary/aromatic N) is 2. The van der Waals surface area contributed by atoms with Crippen LogP contribution < -0.4 is 5.73 Å². The average Bonchev–Trinajstić information content (AvgIpc) is 2.75. The van der Waals surface area contributed by atoms with Crippen LogP contribution in [0.4, 0.5) is 0 Å². The van der Waals surface area contributed by atoms with Crippen molar-refractivity contribution >= 4 is 5.91 Å². The molecule has 0 aromatic carbocycles. The van der Waals surface area contributed by atoms with Crippen molar-refractivity contribution in [3.63, 3.8) is 0 Å². The zero-order chi connectivity index (χ0) is 8.72. The number of nitrogens with two attached hydrogens (primary N) is 1. The lowest BCUT2D eigenvalue weighted by Gasteiger charge is -1.92. The molecule has 2 N–H and O–H groups in total. The van der Waals surface area contributed by atoms with Crippen LogP contribution in [0, 0.1) is 6.92 Å². The number of hydrogen-bond donors (Lipinski definition) is 1. The molecular formula is C8H11N3O. The Morgan fingerprint density at radius 1 is 1.75 bits per heavy atom. The SMILES string of the molecule is Cc1nn(C2CC2)cc1C(N)=O. The fraction of sp³-hybridized carbons (Fsp3) is 0.500. The first-order valence-corrected chi connectivity index (χ1v) is 4.04. The summed E-state index contributed by atoms with van der Waals surface area (Å²) in [5, 5.41) is 4.21. The van der Waals surface area contributed by atoms with E-state index in [4.69, 9.17) is 5.73 Å². The Kier molecular flexibility index (Phi) is 1.43. The molecule has 1 heterocycles. The highest BCUT2D eigenvalue weighted by molar-refractivity contribution is 5.93. The fourth-order valence-electron chi connectivity index (χ4n) is 1.25. The molecule has 0 saturated heterocycles. The first-order chi connectivity index (χ1) is 5.68. The van der Waals surface area contributed by atoms with E-state index >= 15 is 0 Å². The summed E-state index contributed by atoms with van der Waals surface area (Å²) >= 11 is 0. The van der Waals surface area contributed by atoms with E-state index in [0.29, 0.717) is 11.6 Å². The molecule has 1 aromatic heterocycles. The number of aromatic nitrogens is 2. The molecule has 1 amide bonds. The van der Waals surface area contributed by atoms with Crippen molar-refractivity contribution in [3.8, 4) is 0 Å². The number of primary amides is 1. The van der Waals surface area contributed by atoms with Gasteiger partial charge in [-0.25, -0.2) is 0 Å². The summed E-state index contributed by atoms with van der Waals surface area (Å²) in [4.78, 5) is 10.8. The zero-order valence-corrected chi connectivity index (χ0v) is 6.95. The predicted molar refractivity (Wildman–Crippen MR) is 43.8 cm³/mol. The van der Waals surface area contributed by atoms with Crippen LogP contribution in [-0.4, -0.2) is 15.7 Å². The van der Waals surface area contributed by atoms with Gasteiger partial charge in [0, 0.05) is 6.20 Å². The Balaban J connectivity index is 2.36. The largest absolute Gasteiger partial charge is 0.365 e. The van der Waals surface area contributed by atoms with Crippen LogP contribution in [0.1, 0.15) is 34.9 Å². The summed E-state index contributed by atoms with van der Waals surface area (Å²) in [6.45, 7) is 1.80. The molecule has 1 aliphatic rings. The van der Waals surface area contributed by atoms with Gasteiger partial charge in [-0.15, -0.1) is 0 Å². The van der Waals surface area contributed by atoms with E-state index in [0.717, 1.165) is 5.69 Å². The maximum Gasteiger partial charge on any atom is 0.252 e. The lowest BCUT2D eigenvalue weighted by atomic mass is 10.2. The quantitative estimate of drug-likeness (QED) is 0.698. The van der Waals surface area contributed by atoms with Crippen LogP contribution in [0.15, 0.2) is 6.20 Å². The molecule has 1 aliphatic carbocycles.